The molecule has 0 fully saturated rings. The predicted molar refractivity (Wildman–Crippen MR) is 139 cm³/mol. The van der Waals surface area contributed by atoms with Crippen LogP contribution in [0.2, 0.25) is 0 Å². The Morgan fingerprint density at radius 3 is 2.41 bits per heavy atom. The molecule has 1 heterocycles. The van der Waals surface area contributed by atoms with Gasteiger partial charge in [-0.3, -0.25) is 0 Å². The van der Waals surface area contributed by atoms with Gasteiger partial charge in [0.2, 0.25) is 0 Å². The number of ether oxygens (including phenoxy) is 3. The Hall–Kier alpha value is -4.59. The molecule has 4 rings (SSSR count). The van der Waals surface area contributed by atoms with Crippen molar-refractivity contribution >= 4 is 23.0 Å². The summed E-state index contributed by atoms with van der Waals surface area (Å²) in [5.41, 5.74) is 2.60. The Bertz CT molecular complexity index is 1460. The summed E-state index contributed by atoms with van der Waals surface area (Å²) in [4.78, 5) is 37.5. The lowest BCUT2D eigenvalue weighted by Gasteiger charge is -2.17. The van der Waals surface area contributed by atoms with Crippen molar-refractivity contribution in [3.63, 3.8) is 0 Å². The summed E-state index contributed by atoms with van der Waals surface area (Å²) in [5.74, 6) is 0.269. The SMILES string of the molecule is CC[C@@H](NC(=O)OCc1ccccc1)C(=O)Oc1ccc2c(-c3ccc(OC)cc3)cc(=O)oc2c1C. The monoisotopic (exact) mass is 501 g/mol. The minimum atomic E-state index is -0.920. The first-order chi connectivity index (χ1) is 17.9. The highest BCUT2D eigenvalue weighted by atomic mass is 16.6. The quantitative estimate of drug-likeness (QED) is 0.196. The number of hydrogen-bond acceptors (Lipinski definition) is 7. The minimum Gasteiger partial charge on any atom is -0.497 e. The van der Waals surface area contributed by atoms with E-state index in [1.807, 2.05) is 54.6 Å². The van der Waals surface area contributed by atoms with E-state index < -0.39 is 23.7 Å². The summed E-state index contributed by atoms with van der Waals surface area (Å²) in [5, 5.41) is 3.23. The molecule has 37 heavy (non-hydrogen) atoms. The number of aryl methyl sites for hydroxylation is 1. The number of fused-ring (bicyclic) bond motifs is 1. The summed E-state index contributed by atoms with van der Waals surface area (Å²) in [6.45, 7) is 3.53. The van der Waals surface area contributed by atoms with Gasteiger partial charge in [0.15, 0.2) is 0 Å². The number of rotatable bonds is 8. The van der Waals surface area contributed by atoms with Crippen LogP contribution in [0.4, 0.5) is 4.79 Å². The topological polar surface area (TPSA) is 104 Å². The Morgan fingerprint density at radius 2 is 1.73 bits per heavy atom. The molecule has 0 radical (unpaired) electrons. The molecule has 190 valence electrons. The van der Waals surface area contributed by atoms with Crippen molar-refractivity contribution in [3.05, 3.63) is 94.3 Å². The second-order valence-electron chi connectivity index (χ2n) is 8.36. The number of hydrogen-bond donors (Lipinski definition) is 1. The average Bonchev–Trinajstić information content (AvgIpc) is 2.92. The van der Waals surface area contributed by atoms with E-state index >= 15 is 0 Å². The van der Waals surface area contributed by atoms with Gasteiger partial charge in [0, 0.05) is 17.0 Å². The zero-order valence-electron chi connectivity index (χ0n) is 20.8. The lowest BCUT2D eigenvalue weighted by Crippen LogP contribution is -2.42. The van der Waals surface area contributed by atoms with Crippen LogP contribution in [0.25, 0.3) is 22.1 Å². The van der Waals surface area contributed by atoms with Gasteiger partial charge in [-0.1, -0.05) is 49.4 Å². The van der Waals surface area contributed by atoms with Crippen LogP contribution < -0.4 is 20.4 Å². The lowest BCUT2D eigenvalue weighted by molar-refractivity contribution is -0.136. The first-order valence-corrected chi connectivity index (χ1v) is 11.8. The predicted octanol–water partition coefficient (Wildman–Crippen LogP) is 5.39. The molecule has 0 saturated carbocycles. The number of carbonyl (C=O) groups excluding carboxylic acids is 2. The number of alkyl carbamates (subject to hydrolysis) is 1. The highest BCUT2D eigenvalue weighted by Gasteiger charge is 2.23. The van der Waals surface area contributed by atoms with Crippen molar-refractivity contribution in [2.24, 2.45) is 0 Å². The summed E-state index contributed by atoms with van der Waals surface area (Å²) in [6, 6.07) is 20.4. The highest BCUT2D eigenvalue weighted by Crippen LogP contribution is 2.34. The van der Waals surface area contributed by atoms with E-state index in [1.165, 1.54) is 6.07 Å². The van der Waals surface area contributed by atoms with Crippen LogP contribution in [-0.2, 0) is 16.1 Å². The van der Waals surface area contributed by atoms with Crippen molar-refractivity contribution < 1.29 is 28.2 Å². The van der Waals surface area contributed by atoms with E-state index in [0.717, 1.165) is 11.1 Å². The molecule has 1 atom stereocenters. The number of benzene rings is 3. The molecule has 1 amide bonds. The van der Waals surface area contributed by atoms with Gasteiger partial charge in [0.05, 0.1) is 7.11 Å². The Kier molecular flexibility index (Phi) is 7.88. The maximum Gasteiger partial charge on any atom is 0.408 e. The maximum atomic E-state index is 12.9. The largest absolute Gasteiger partial charge is 0.497 e. The van der Waals surface area contributed by atoms with Crippen LogP contribution in [0.3, 0.4) is 0 Å². The molecule has 0 aliphatic carbocycles. The summed E-state index contributed by atoms with van der Waals surface area (Å²) in [7, 11) is 1.58. The number of carbonyl (C=O) groups is 2. The number of nitrogens with one attached hydrogen (secondary N) is 1. The van der Waals surface area contributed by atoms with Crippen molar-refractivity contribution in [2.75, 3.05) is 7.11 Å². The second kappa shape index (κ2) is 11.4. The van der Waals surface area contributed by atoms with Crippen molar-refractivity contribution in [1.29, 1.82) is 0 Å². The number of methoxy groups -OCH3 is 1. The van der Waals surface area contributed by atoms with Gasteiger partial charge in [-0.25, -0.2) is 14.4 Å². The van der Waals surface area contributed by atoms with Gasteiger partial charge >= 0.3 is 17.7 Å². The zero-order chi connectivity index (χ0) is 26.4. The molecule has 0 spiro atoms. The van der Waals surface area contributed by atoms with Crippen molar-refractivity contribution in [3.8, 4) is 22.6 Å². The molecule has 3 aromatic carbocycles. The van der Waals surface area contributed by atoms with E-state index in [-0.39, 0.29) is 12.4 Å². The molecular weight excluding hydrogens is 474 g/mol. The van der Waals surface area contributed by atoms with E-state index in [2.05, 4.69) is 5.32 Å². The summed E-state index contributed by atoms with van der Waals surface area (Å²) < 4.78 is 21.5. The molecule has 0 saturated heterocycles. The first-order valence-electron chi connectivity index (χ1n) is 11.8. The van der Waals surface area contributed by atoms with Gasteiger partial charge in [-0.2, -0.15) is 0 Å². The fourth-order valence-electron chi connectivity index (χ4n) is 3.88. The van der Waals surface area contributed by atoms with Gasteiger partial charge in [-0.05, 0) is 54.3 Å². The van der Waals surface area contributed by atoms with Crippen molar-refractivity contribution in [2.45, 2.75) is 32.9 Å². The third-order valence-electron chi connectivity index (χ3n) is 5.92. The van der Waals surface area contributed by atoms with E-state index in [0.29, 0.717) is 34.3 Å². The van der Waals surface area contributed by atoms with Crippen LogP contribution in [-0.4, -0.2) is 25.2 Å². The molecule has 1 aromatic heterocycles. The van der Waals surface area contributed by atoms with Crippen LogP contribution in [0.15, 0.2) is 82.0 Å². The number of esters is 1. The molecule has 0 unspecified atom stereocenters. The smallest absolute Gasteiger partial charge is 0.408 e. The highest BCUT2D eigenvalue weighted by molar-refractivity contribution is 5.96. The standard InChI is InChI=1S/C29H27NO7/c1-4-24(30-29(33)35-17-19-8-6-5-7-9-19)28(32)36-25-15-14-22-23(16-26(31)37-27(22)18(25)2)20-10-12-21(34-3)13-11-20/h5-16,24H,4,17H2,1-3H3,(H,30,33)/t24-/m1/s1. The first kappa shape index (κ1) is 25.5. The zero-order valence-corrected chi connectivity index (χ0v) is 20.8. The molecule has 1 N–H and O–H groups in total. The van der Waals surface area contributed by atoms with Crippen LogP contribution in [0.1, 0.15) is 24.5 Å². The molecule has 0 aliphatic rings. The third-order valence-corrected chi connectivity index (χ3v) is 5.92. The summed E-state index contributed by atoms with van der Waals surface area (Å²) >= 11 is 0. The number of amides is 1. The average molecular weight is 502 g/mol. The second-order valence-corrected chi connectivity index (χ2v) is 8.36. The Labute approximate surface area is 213 Å². The molecular formula is C29H27NO7. The van der Waals surface area contributed by atoms with E-state index in [9.17, 15) is 14.4 Å². The lowest BCUT2D eigenvalue weighted by atomic mass is 10.00. The fourth-order valence-corrected chi connectivity index (χ4v) is 3.88. The van der Waals surface area contributed by atoms with E-state index in [4.69, 9.17) is 18.6 Å². The molecule has 8 nitrogen and oxygen atoms in total. The fraction of sp³-hybridized carbons (Fsp3) is 0.207. The van der Waals surface area contributed by atoms with Gasteiger partial charge in [0.25, 0.3) is 0 Å². The normalized spacial score (nSPS) is 11.5. The molecule has 0 aliphatic heterocycles. The molecule has 4 aromatic rings. The molecule has 8 heteroatoms. The van der Waals surface area contributed by atoms with Crippen LogP contribution >= 0.6 is 0 Å². The van der Waals surface area contributed by atoms with Gasteiger partial charge in [-0.15, -0.1) is 0 Å². The minimum absolute atomic E-state index is 0.0809. The van der Waals surface area contributed by atoms with Crippen LogP contribution in [0.5, 0.6) is 11.5 Å². The Morgan fingerprint density at radius 1 is 1.00 bits per heavy atom. The van der Waals surface area contributed by atoms with Crippen LogP contribution in [0, 0.1) is 6.92 Å². The summed E-state index contributed by atoms with van der Waals surface area (Å²) in [6.07, 6.45) is -0.430. The van der Waals surface area contributed by atoms with E-state index in [1.54, 1.807) is 33.1 Å². The maximum absolute atomic E-state index is 12.9. The van der Waals surface area contributed by atoms with Crippen molar-refractivity contribution in [1.82, 2.24) is 5.32 Å². The van der Waals surface area contributed by atoms with Gasteiger partial charge < -0.3 is 23.9 Å². The van der Waals surface area contributed by atoms with Gasteiger partial charge in [0.1, 0.15) is 29.7 Å². The molecule has 0 bridgehead atoms. The Balaban J connectivity index is 1.52. The third kappa shape index (κ3) is 5.98.